The molecule has 2 aromatic rings. The number of likely N-dealkylation sites (tertiary alicyclic amines) is 1. The molecule has 1 unspecified atom stereocenters. The highest BCUT2D eigenvalue weighted by atomic mass is 16.5. The average Bonchev–Trinajstić information content (AvgIpc) is 3.07. The maximum absolute atomic E-state index is 11.1. The summed E-state index contributed by atoms with van der Waals surface area (Å²) in [6.45, 7) is 2.15. The van der Waals surface area contributed by atoms with E-state index in [0.717, 1.165) is 37.0 Å². The van der Waals surface area contributed by atoms with Crippen molar-refractivity contribution in [1.29, 1.82) is 0 Å². The highest BCUT2D eigenvalue weighted by Gasteiger charge is 2.18. The van der Waals surface area contributed by atoms with E-state index < -0.39 is 5.91 Å². The van der Waals surface area contributed by atoms with Crippen LogP contribution < -0.4 is 10.8 Å². The number of hydrogen-bond acceptors (Lipinski definition) is 5. The van der Waals surface area contributed by atoms with Crippen molar-refractivity contribution in [3.05, 3.63) is 65.7 Å². The summed E-state index contributed by atoms with van der Waals surface area (Å²) in [6.07, 6.45) is 1.97. The number of nitrogens with one attached hydrogen (secondary N) is 2. The zero-order chi connectivity index (χ0) is 18.1. The zero-order valence-corrected chi connectivity index (χ0v) is 14.2. The first kappa shape index (κ1) is 18.6. The Morgan fingerprint density at radius 1 is 1.16 bits per heavy atom. The molecule has 1 aliphatic rings. The van der Waals surface area contributed by atoms with E-state index in [1.165, 1.54) is 0 Å². The molecule has 0 aliphatic carbocycles. The van der Waals surface area contributed by atoms with Crippen LogP contribution in [0.2, 0.25) is 0 Å². The standard InChI is InChI=1S/C12H17N3O2.C7H6O/c1-15-7-6-11(8-15)13-10-4-2-9(3-5-10)12(16)14-17;8-6-7-4-2-1-3-5-7/h2-5,11,13,17H,6-8H2,1H3,(H,14,16);1-6H. The summed E-state index contributed by atoms with van der Waals surface area (Å²) < 4.78 is 0. The van der Waals surface area contributed by atoms with Crippen molar-refractivity contribution in [2.75, 3.05) is 25.5 Å². The lowest BCUT2D eigenvalue weighted by Gasteiger charge is -2.14. The van der Waals surface area contributed by atoms with Crippen molar-refractivity contribution < 1.29 is 14.8 Å². The lowest BCUT2D eigenvalue weighted by Crippen LogP contribution is -2.23. The Balaban J connectivity index is 0.000000236. The molecule has 0 aromatic heterocycles. The second-order valence-electron chi connectivity index (χ2n) is 5.94. The smallest absolute Gasteiger partial charge is 0.274 e. The zero-order valence-electron chi connectivity index (χ0n) is 14.2. The second kappa shape index (κ2) is 9.56. The minimum Gasteiger partial charge on any atom is -0.381 e. The minimum atomic E-state index is -0.489. The molecule has 1 aliphatic heterocycles. The fraction of sp³-hybridized carbons (Fsp3) is 0.263. The van der Waals surface area contributed by atoms with E-state index in [1.807, 2.05) is 30.3 Å². The highest BCUT2D eigenvalue weighted by Crippen LogP contribution is 2.15. The Kier molecular flexibility index (Phi) is 7.13. The summed E-state index contributed by atoms with van der Waals surface area (Å²) >= 11 is 0. The van der Waals surface area contributed by atoms with Crippen LogP contribution >= 0.6 is 0 Å². The van der Waals surface area contributed by atoms with Crippen LogP contribution in [-0.2, 0) is 0 Å². The van der Waals surface area contributed by atoms with Crippen LogP contribution in [0.5, 0.6) is 0 Å². The van der Waals surface area contributed by atoms with Gasteiger partial charge in [0.15, 0.2) is 0 Å². The number of carbonyl (C=O) groups is 2. The SMILES string of the molecule is CN1CCC(Nc2ccc(C(=O)NO)cc2)C1.O=Cc1ccccc1. The number of amides is 1. The van der Waals surface area contributed by atoms with Gasteiger partial charge in [-0.2, -0.15) is 0 Å². The van der Waals surface area contributed by atoms with Crippen molar-refractivity contribution in [2.24, 2.45) is 0 Å². The molecule has 6 heteroatoms. The van der Waals surface area contributed by atoms with Crippen LogP contribution in [0.15, 0.2) is 54.6 Å². The van der Waals surface area contributed by atoms with Gasteiger partial charge in [-0.3, -0.25) is 14.8 Å². The monoisotopic (exact) mass is 341 g/mol. The number of nitrogens with zero attached hydrogens (tertiary/aromatic N) is 1. The molecule has 3 N–H and O–H groups in total. The van der Waals surface area contributed by atoms with Crippen molar-refractivity contribution in [3.8, 4) is 0 Å². The molecule has 0 saturated carbocycles. The molecule has 1 fully saturated rings. The van der Waals surface area contributed by atoms with Crippen molar-refractivity contribution >= 4 is 17.9 Å². The van der Waals surface area contributed by atoms with Gasteiger partial charge >= 0.3 is 0 Å². The molecule has 0 bridgehead atoms. The predicted octanol–water partition coefficient (Wildman–Crippen LogP) is 2.42. The number of anilines is 1. The largest absolute Gasteiger partial charge is 0.381 e. The highest BCUT2D eigenvalue weighted by molar-refractivity contribution is 5.93. The molecule has 1 atom stereocenters. The molecule has 1 saturated heterocycles. The number of aldehydes is 1. The van der Waals surface area contributed by atoms with Gasteiger partial charge in [0.25, 0.3) is 5.91 Å². The van der Waals surface area contributed by atoms with Gasteiger partial charge < -0.3 is 10.2 Å². The maximum atomic E-state index is 11.1. The Bertz CT molecular complexity index is 674. The van der Waals surface area contributed by atoms with Crippen LogP contribution in [0, 0.1) is 0 Å². The second-order valence-corrected chi connectivity index (χ2v) is 5.94. The predicted molar refractivity (Wildman–Crippen MR) is 97.0 cm³/mol. The summed E-state index contributed by atoms with van der Waals surface area (Å²) in [4.78, 5) is 23.4. The van der Waals surface area contributed by atoms with E-state index in [-0.39, 0.29) is 0 Å². The summed E-state index contributed by atoms with van der Waals surface area (Å²) in [7, 11) is 2.11. The Labute approximate surface area is 147 Å². The topological polar surface area (TPSA) is 81.7 Å². The van der Waals surface area contributed by atoms with Crippen LogP contribution in [0.4, 0.5) is 5.69 Å². The first-order valence-corrected chi connectivity index (χ1v) is 8.12. The third-order valence-electron chi connectivity index (χ3n) is 3.95. The van der Waals surface area contributed by atoms with Gasteiger partial charge in [0.2, 0.25) is 0 Å². The lowest BCUT2D eigenvalue weighted by molar-refractivity contribution is 0.0706. The molecule has 6 nitrogen and oxygen atoms in total. The number of hydrogen-bond donors (Lipinski definition) is 3. The number of benzene rings is 2. The molecule has 25 heavy (non-hydrogen) atoms. The van der Waals surface area contributed by atoms with Crippen LogP contribution in [0.1, 0.15) is 27.1 Å². The van der Waals surface area contributed by atoms with Crippen molar-refractivity contribution in [1.82, 2.24) is 10.4 Å². The Morgan fingerprint density at radius 3 is 2.32 bits per heavy atom. The molecular weight excluding hydrogens is 318 g/mol. The van der Waals surface area contributed by atoms with E-state index in [9.17, 15) is 9.59 Å². The fourth-order valence-corrected chi connectivity index (χ4v) is 2.60. The molecule has 2 aromatic carbocycles. The van der Waals surface area contributed by atoms with E-state index in [4.69, 9.17) is 5.21 Å². The molecule has 132 valence electrons. The lowest BCUT2D eigenvalue weighted by atomic mass is 10.2. The first-order valence-electron chi connectivity index (χ1n) is 8.12. The normalized spacial score (nSPS) is 16.5. The van der Waals surface area contributed by atoms with E-state index >= 15 is 0 Å². The Morgan fingerprint density at radius 2 is 1.84 bits per heavy atom. The molecule has 3 rings (SSSR count). The van der Waals surface area contributed by atoms with Gasteiger partial charge in [-0.15, -0.1) is 0 Å². The van der Waals surface area contributed by atoms with Gasteiger partial charge in [0.05, 0.1) is 0 Å². The summed E-state index contributed by atoms with van der Waals surface area (Å²) in [5.41, 5.74) is 3.79. The fourth-order valence-electron chi connectivity index (χ4n) is 2.60. The van der Waals surface area contributed by atoms with Gasteiger partial charge in [-0.05, 0) is 44.3 Å². The van der Waals surface area contributed by atoms with Gasteiger partial charge in [-0.1, -0.05) is 30.3 Å². The number of likely N-dealkylation sites (N-methyl/N-ethyl adjacent to an activating group) is 1. The maximum Gasteiger partial charge on any atom is 0.274 e. The minimum absolute atomic E-state index is 0.446. The summed E-state index contributed by atoms with van der Waals surface area (Å²) in [5.74, 6) is -0.489. The van der Waals surface area contributed by atoms with Gasteiger partial charge in [0.1, 0.15) is 6.29 Å². The first-order chi connectivity index (χ1) is 12.1. The van der Waals surface area contributed by atoms with E-state index in [0.29, 0.717) is 11.6 Å². The van der Waals surface area contributed by atoms with Crippen LogP contribution in [-0.4, -0.2) is 48.5 Å². The molecular formula is C19H23N3O3. The van der Waals surface area contributed by atoms with E-state index in [2.05, 4.69) is 17.3 Å². The number of hydroxylamine groups is 1. The summed E-state index contributed by atoms with van der Waals surface area (Å²) in [5, 5.41) is 11.9. The molecule has 1 amide bonds. The molecule has 0 radical (unpaired) electrons. The van der Waals surface area contributed by atoms with Crippen LogP contribution in [0.3, 0.4) is 0 Å². The quantitative estimate of drug-likeness (QED) is 0.452. The van der Waals surface area contributed by atoms with Crippen LogP contribution in [0.25, 0.3) is 0 Å². The summed E-state index contributed by atoms with van der Waals surface area (Å²) in [6, 6.07) is 16.6. The van der Waals surface area contributed by atoms with Crippen molar-refractivity contribution in [3.63, 3.8) is 0 Å². The molecule has 1 heterocycles. The number of carbonyl (C=O) groups excluding carboxylic acids is 2. The van der Waals surface area contributed by atoms with E-state index in [1.54, 1.807) is 29.7 Å². The third-order valence-corrected chi connectivity index (χ3v) is 3.95. The molecule has 0 spiro atoms. The van der Waals surface area contributed by atoms with Gasteiger partial charge in [0, 0.05) is 29.4 Å². The van der Waals surface area contributed by atoms with Gasteiger partial charge in [-0.25, -0.2) is 5.48 Å². The number of rotatable bonds is 4. The third kappa shape index (κ3) is 6.02. The Hall–Kier alpha value is -2.70. The average molecular weight is 341 g/mol. The van der Waals surface area contributed by atoms with Crippen molar-refractivity contribution in [2.45, 2.75) is 12.5 Å².